The molecule has 21 heavy (non-hydrogen) atoms. The van der Waals surface area contributed by atoms with E-state index >= 15 is 0 Å². The van der Waals surface area contributed by atoms with Crippen molar-refractivity contribution in [1.29, 1.82) is 0 Å². The predicted octanol–water partition coefficient (Wildman–Crippen LogP) is 3.86. The number of anilines is 1. The van der Waals surface area contributed by atoms with Crippen LogP contribution in [-0.4, -0.2) is 9.97 Å². The van der Waals surface area contributed by atoms with E-state index in [9.17, 15) is 0 Å². The van der Waals surface area contributed by atoms with E-state index in [0.717, 1.165) is 17.7 Å². The molecule has 0 aliphatic heterocycles. The third-order valence-corrected chi connectivity index (χ3v) is 3.70. The molecular formula is C15H18Cl2N4. The molecule has 0 fully saturated rings. The molecule has 0 spiro atoms. The Hall–Kier alpha value is -1.36. The van der Waals surface area contributed by atoms with Gasteiger partial charge in [0.1, 0.15) is 11.6 Å². The van der Waals surface area contributed by atoms with Gasteiger partial charge in [-0.25, -0.2) is 15.8 Å². The van der Waals surface area contributed by atoms with Gasteiger partial charge in [0.2, 0.25) is 0 Å². The quantitative estimate of drug-likeness (QED) is 0.647. The molecule has 0 amide bonds. The van der Waals surface area contributed by atoms with Crippen LogP contribution in [0.3, 0.4) is 0 Å². The van der Waals surface area contributed by atoms with Gasteiger partial charge in [0.25, 0.3) is 0 Å². The summed E-state index contributed by atoms with van der Waals surface area (Å²) in [5.41, 5.74) is 4.35. The second-order valence-electron chi connectivity index (χ2n) is 5.28. The lowest BCUT2D eigenvalue weighted by Crippen LogP contribution is -2.13. The number of nitrogens with one attached hydrogen (secondary N) is 1. The smallest absolute Gasteiger partial charge is 0.143 e. The van der Waals surface area contributed by atoms with Crippen LogP contribution in [0.1, 0.15) is 30.9 Å². The normalized spacial score (nSPS) is 11.0. The van der Waals surface area contributed by atoms with Crippen LogP contribution in [0.15, 0.2) is 24.3 Å². The fourth-order valence-electron chi connectivity index (χ4n) is 2.09. The van der Waals surface area contributed by atoms with E-state index in [2.05, 4.69) is 29.2 Å². The number of nitrogen functional groups attached to an aromatic ring is 1. The number of benzene rings is 1. The molecular weight excluding hydrogens is 307 g/mol. The summed E-state index contributed by atoms with van der Waals surface area (Å²) in [6.45, 7) is 4.28. The number of aromatic nitrogens is 2. The molecule has 0 bridgehead atoms. The molecule has 112 valence electrons. The number of rotatable bonds is 5. The Bertz CT molecular complexity index is 609. The van der Waals surface area contributed by atoms with Crippen molar-refractivity contribution in [3.8, 4) is 0 Å². The number of nitrogens with zero attached hydrogens (tertiary/aromatic N) is 2. The van der Waals surface area contributed by atoms with E-state index in [1.807, 2.05) is 24.3 Å². The minimum atomic E-state index is 0.471. The van der Waals surface area contributed by atoms with E-state index in [0.29, 0.717) is 34.0 Å². The maximum atomic E-state index is 6.20. The van der Waals surface area contributed by atoms with E-state index in [-0.39, 0.29) is 0 Å². The highest BCUT2D eigenvalue weighted by Crippen LogP contribution is 2.26. The average Bonchev–Trinajstić information content (AvgIpc) is 2.42. The molecule has 1 aromatic carbocycles. The van der Waals surface area contributed by atoms with E-state index in [1.54, 1.807) is 0 Å². The van der Waals surface area contributed by atoms with Crippen LogP contribution in [-0.2, 0) is 12.8 Å². The molecule has 0 saturated carbocycles. The van der Waals surface area contributed by atoms with E-state index < -0.39 is 0 Å². The number of halogens is 2. The first-order valence-corrected chi connectivity index (χ1v) is 7.51. The minimum absolute atomic E-state index is 0.471. The second kappa shape index (κ2) is 7.07. The van der Waals surface area contributed by atoms with Gasteiger partial charge in [0.05, 0.1) is 0 Å². The molecule has 0 saturated heterocycles. The fraction of sp³-hybridized carbons (Fsp3) is 0.333. The lowest BCUT2D eigenvalue weighted by Gasteiger charge is -2.11. The zero-order chi connectivity index (χ0) is 15.4. The predicted molar refractivity (Wildman–Crippen MR) is 87.7 cm³/mol. The Morgan fingerprint density at radius 3 is 2.43 bits per heavy atom. The summed E-state index contributed by atoms with van der Waals surface area (Å²) in [4.78, 5) is 8.95. The van der Waals surface area contributed by atoms with Crippen LogP contribution in [0.4, 0.5) is 5.82 Å². The third kappa shape index (κ3) is 4.30. The summed E-state index contributed by atoms with van der Waals surface area (Å²) in [7, 11) is 0. The second-order valence-corrected chi connectivity index (χ2v) is 6.09. The van der Waals surface area contributed by atoms with Crippen LogP contribution < -0.4 is 11.3 Å². The van der Waals surface area contributed by atoms with Crippen molar-refractivity contribution in [3.05, 3.63) is 51.4 Å². The molecule has 0 aliphatic carbocycles. The molecule has 3 N–H and O–H groups in total. The standard InChI is InChI=1S/C15H18Cl2N4/c1-9(2)6-10-7-15(21-18)20-14(19-10)8-11-12(16)4-3-5-13(11)17/h3-5,7,9H,6,8,18H2,1-2H3,(H,19,20,21). The van der Waals surface area contributed by atoms with Gasteiger partial charge in [-0.1, -0.05) is 43.1 Å². The minimum Gasteiger partial charge on any atom is -0.308 e. The number of hydrazine groups is 1. The Morgan fingerprint density at radius 2 is 1.86 bits per heavy atom. The number of nitrogens with two attached hydrogens (primary N) is 1. The maximum absolute atomic E-state index is 6.20. The van der Waals surface area contributed by atoms with Gasteiger partial charge in [-0.3, -0.25) is 0 Å². The summed E-state index contributed by atoms with van der Waals surface area (Å²) >= 11 is 12.4. The first kappa shape index (κ1) is 16.0. The Balaban J connectivity index is 2.35. The van der Waals surface area contributed by atoms with Crippen molar-refractivity contribution in [2.75, 3.05) is 5.43 Å². The van der Waals surface area contributed by atoms with Crippen LogP contribution in [0.25, 0.3) is 0 Å². The van der Waals surface area contributed by atoms with Gasteiger partial charge in [0, 0.05) is 28.2 Å². The van der Waals surface area contributed by atoms with Gasteiger partial charge in [-0.05, 0) is 30.0 Å². The third-order valence-electron chi connectivity index (χ3n) is 2.99. The van der Waals surface area contributed by atoms with Gasteiger partial charge in [0.15, 0.2) is 0 Å². The SMILES string of the molecule is CC(C)Cc1cc(NN)nc(Cc2c(Cl)cccc2Cl)n1. The van der Waals surface area contributed by atoms with E-state index in [4.69, 9.17) is 29.0 Å². The van der Waals surface area contributed by atoms with Crippen molar-refractivity contribution in [2.45, 2.75) is 26.7 Å². The van der Waals surface area contributed by atoms with Crippen LogP contribution >= 0.6 is 23.2 Å². The highest BCUT2D eigenvalue weighted by Gasteiger charge is 2.11. The molecule has 0 aliphatic rings. The molecule has 1 heterocycles. The molecule has 2 aromatic rings. The number of hydrogen-bond donors (Lipinski definition) is 2. The van der Waals surface area contributed by atoms with Crippen LogP contribution in [0.5, 0.6) is 0 Å². The summed E-state index contributed by atoms with van der Waals surface area (Å²) in [5.74, 6) is 7.23. The highest BCUT2D eigenvalue weighted by atomic mass is 35.5. The summed E-state index contributed by atoms with van der Waals surface area (Å²) in [6.07, 6.45) is 1.33. The monoisotopic (exact) mass is 324 g/mol. The maximum Gasteiger partial charge on any atom is 0.143 e. The average molecular weight is 325 g/mol. The Morgan fingerprint density at radius 1 is 1.19 bits per heavy atom. The molecule has 6 heteroatoms. The lowest BCUT2D eigenvalue weighted by molar-refractivity contribution is 0.631. The molecule has 0 unspecified atom stereocenters. The Kier molecular flexibility index (Phi) is 5.39. The largest absolute Gasteiger partial charge is 0.308 e. The van der Waals surface area contributed by atoms with Crippen LogP contribution in [0.2, 0.25) is 10.0 Å². The van der Waals surface area contributed by atoms with Crippen molar-refractivity contribution in [1.82, 2.24) is 9.97 Å². The summed E-state index contributed by atoms with van der Waals surface area (Å²) in [5, 5.41) is 1.23. The molecule has 0 atom stereocenters. The van der Waals surface area contributed by atoms with E-state index in [1.165, 1.54) is 0 Å². The fourth-order valence-corrected chi connectivity index (χ4v) is 2.62. The van der Waals surface area contributed by atoms with Crippen molar-refractivity contribution >= 4 is 29.0 Å². The highest BCUT2D eigenvalue weighted by molar-refractivity contribution is 6.36. The first-order valence-electron chi connectivity index (χ1n) is 6.76. The van der Waals surface area contributed by atoms with Crippen LogP contribution in [0, 0.1) is 5.92 Å². The molecule has 1 aromatic heterocycles. The Labute approximate surface area is 134 Å². The van der Waals surface area contributed by atoms with Gasteiger partial charge < -0.3 is 5.43 Å². The van der Waals surface area contributed by atoms with Gasteiger partial charge in [-0.15, -0.1) is 0 Å². The molecule has 2 rings (SSSR count). The zero-order valence-electron chi connectivity index (χ0n) is 12.0. The van der Waals surface area contributed by atoms with Gasteiger partial charge in [-0.2, -0.15) is 0 Å². The summed E-state index contributed by atoms with van der Waals surface area (Å²) in [6, 6.07) is 7.29. The topological polar surface area (TPSA) is 63.8 Å². The molecule has 4 nitrogen and oxygen atoms in total. The molecule has 0 radical (unpaired) electrons. The number of hydrogen-bond acceptors (Lipinski definition) is 4. The first-order chi connectivity index (χ1) is 9.99. The summed E-state index contributed by atoms with van der Waals surface area (Å²) < 4.78 is 0. The lowest BCUT2D eigenvalue weighted by atomic mass is 10.1. The zero-order valence-corrected chi connectivity index (χ0v) is 13.5. The van der Waals surface area contributed by atoms with Crippen molar-refractivity contribution < 1.29 is 0 Å². The van der Waals surface area contributed by atoms with Crippen molar-refractivity contribution in [3.63, 3.8) is 0 Å². The van der Waals surface area contributed by atoms with Crippen molar-refractivity contribution in [2.24, 2.45) is 11.8 Å². The van der Waals surface area contributed by atoms with Gasteiger partial charge >= 0.3 is 0 Å².